The van der Waals surface area contributed by atoms with Crippen molar-refractivity contribution in [2.24, 2.45) is 0 Å². The summed E-state index contributed by atoms with van der Waals surface area (Å²) in [5.74, 6) is 5.25. The van der Waals surface area contributed by atoms with Gasteiger partial charge in [-0.1, -0.05) is 11.8 Å². The van der Waals surface area contributed by atoms with Crippen LogP contribution in [0.5, 0.6) is 5.75 Å². The van der Waals surface area contributed by atoms with Crippen LogP contribution in [-0.4, -0.2) is 21.5 Å². The lowest BCUT2D eigenvalue weighted by atomic mass is 10.2. The van der Waals surface area contributed by atoms with Crippen molar-refractivity contribution in [2.75, 3.05) is 6.61 Å². The Bertz CT molecular complexity index is 641. The average molecular weight is 274 g/mol. The molecule has 0 radical (unpaired) electrons. The van der Waals surface area contributed by atoms with Crippen LogP contribution in [0, 0.1) is 17.7 Å². The largest absolute Gasteiger partial charge is 0.487 e. The van der Waals surface area contributed by atoms with Gasteiger partial charge in [-0.15, -0.1) is 0 Å². The molecular weight excluding hydrogens is 259 g/mol. The van der Waals surface area contributed by atoms with E-state index in [2.05, 4.69) is 16.9 Å². The van der Waals surface area contributed by atoms with E-state index in [1.165, 1.54) is 18.2 Å². The highest BCUT2D eigenvalue weighted by Crippen LogP contribution is 2.20. The number of hydrogen-bond acceptors (Lipinski definition) is 3. The highest BCUT2D eigenvalue weighted by Gasteiger charge is 2.05. The van der Waals surface area contributed by atoms with Gasteiger partial charge in [0.1, 0.15) is 24.8 Å². The quantitative estimate of drug-likeness (QED) is 0.867. The molecule has 1 aromatic heterocycles. The molecule has 0 unspecified atom stereocenters. The molecule has 0 amide bonds. The minimum atomic E-state index is -0.390. The third-order valence-corrected chi connectivity index (χ3v) is 2.65. The van der Waals surface area contributed by atoms with Gasteiger partial charge < -0.3 is 9.84 Å². The zero-order valence-electron chi connectivity index (χ0n) is 11.1. The molecular formula is C15H15FN2O2. The monoisotopic (exact) mass is 274 g/mol. The van der Waals surface area contributed by atoms with Gasteiger partial charge in [0, 0.05) is 18.3 Å². The SMILES string of the molecule is CCn1cc(COc2ccc(F)cc2C#CCO)cn1. The molecule has 0 spiro atoms. The van der Waals surface area contributed by atoms with Crippen molar-refractivity contribution in [1.29, 1.82) is 0 Å². The first-order chi connectivity index (χ1) is 9.72. The number of aryl methyl sites for hydroxylation is 1. The molecule has 5 heteroatoms. The minimum Gasteiger partial charge on any atom is -0.487 e. The minimum absolute atomic E-state index is 0.279. The van der Waals surface area contributed by atoms with Crippen molar-refractivity contribution in [2.45, 2.75) is 20.1 Å². The van der Waals surface area contributed by atoms with E-state index in [0.29, 0.717) is 17.9 Å². The van der Waals surface area contributed by atoms with E-state index < -0.39 is 5.82 Å². The Labute approximate surface area is 116 Å². The first kappa shape index (κ1) is 14.1. The number of benzene rings is 1. The molecule has 0 aliphatic rings. The average Bonchev–Trinajstić information content (AvgIpc) is 2.92. The maximum absolute atomic E-state index is 13.2. The predicted octanol–water partition coefficient (Wildman–Crippen LogP) is 1.96. The van der Waals surface area contributed by atoms with Crippen molar-refractivity contribution < 1.29 is 14.2 Å². The molecule has 2 aromatic rings. The number of rotatable bonds is 4. The number of hydrogen-bond donors (Lipinski definition) is 1. The lowest BCUT2D eigenvalue weighted by Crippen LogP contribution is -1.97. The van der Waals surface area contributed by atoms with Crippen LogP contribution in [0.15, 0.2) is 30.6 Å². The van der Waals surface area contributed by atoms with Crippen LogP contribution in [0.25, 0.3) is 0 Å². The zero-order valence-corrected chi connectivity index (χ0v) is 11.1. The van der Waals surface area contributed by atoms with Crippen LogP contribution in [0.1, 0.15) is 18.1 Å². The van der Waals surface area contributed by atoms with Crippen molar-refractivity contribution in [3.05, 3.63) is 47.5 Å². The van der Waals surface area contributed by atoms with Gasteiger partial charge in [0.15, 0.2) is 0 Å². The molecule has 1 N–H and O–H groups in total. The zero-order chi connectivity index (χ0) is 14.4. The summed E-state index contributed by atoms with van der Waals surface area (Å²) in [7, 11) is 0. The summed E-state index contributed by atoms with van der Waals surface area (Å²) in [6.45, 7) is 2.85. The Morgan fingerprint density at radius 2 is 2.30 bits per heavy atom. The van der Waals surface area contributed by atoms with E-state index in [0.717, 1.165) is 12.1 Å². The van der Waals surface area contributed by atoms with Gasteiger partial charge in [-0.05, 0) is 25.1 Å². The van der Waals surface area contributed by atoms with Crippen LogP contribution in [0.3, 0.4) is 0 Å². The van der Waals surface area contributed by atoms with Crippen LogP contribution in [-0.2, 0) is 13.2 Å². The second-order valence-corrected chi connectivity index (χ2v) is 4.09. The molecule has 104 valence electrons. The Hall–Kier alpha value is -2.32. The standard InChI is InChI=1S/C15H15FN2O2/c1-2-18-10-12(9-17-18)11-20-15-6-5-14(16)8-13(15)4-3-7-19/h5-6,8-10,19H,2,7,11H2,1H3. The second-order valence-electron chi connectivity index (χ2n) is 4.09. The number of ether oxygens (including phenoxy) is 1. The highest BCUT2D eigenvalue weighted by molar-refractivity contribution is 5.46. The van der Waals surface area contributed by atoms with Crippen LogP contribution >= 0.6 is 0 Å². The van der Waals surface area contributed by atoms with E-state index in [4.69, 9.17) is 9.84 Å². The Kier molecular flexibility index (Phi) is 4.75. The lowest BCUT2D eigenvalue weighted by molar-refractivity contribution is 0.304. The van der Waals surface area contributed by atoms with Gasteiger partial charge in [-0.25, -0.2) is 4.39 Å². The molecule has 20 heavy (non-hydrogen) atoms. The number of halogens is 1. The Morgan fingerprint density at radius 3 is 3.00 bits per heavy atom. The van der Waals surface area contributed by atoms with Crippen molar-refractivity contribution in [1.82, 2.24) is 9.78 Å². The summed E-state index contributed by atoms with van der Waals surface area (Å²) in [6, 6.07) is 4.13. The third-order valence-electron chi connectivity index (χ3n) is 2.65. The molecule has 0 fully saturated rings. The van der Waals surface area contributed by atoms with Crippen molar-refractivity contribution in [3.63, 3.8) is 0 Å². The molecule has 0 aliphatic carbocycles. The summed E-state index contributed by atoms with van der Waals surface area (Å²) in [4.78, 5) is 0. The van der Waals surface area contributed by atoms with Crippen LogP contribution in [0.4, 0.5) is 4.39 Å². The molecule has 1 aromatic carbocycles. The normalized spacial score (nSPS) is 9.95. The Morgan fingerprint density at radius 1 is 1.45 bits per heavy atom. The van der Waals surface area contributed by atoms with Gasteiger partial charge in [-0.3, -0.25) is 4.68 Å². The lowest BCUT2D eigenvalue weighted by Gasteiger charge is -2.07. The predicted molar refractivity (Wildman–Crippen MR) is 72.6 cm³/mol. The fourth-order valence-electron chi connectivity index (χ4n) is 1.68. The van der Waals surface area contributed by atoms with Crippen molar-refractivity contribution in [3.8, 4) is 17.6 Å². The molecule has 0 aliphatic heterocycles. The van der Waals surface area contributed by atoms with E-state index in [-0.39, 0.29) is 6.61 Å². The van der Waals surface area contributed by atoms with Gasteiger partial charge >= 0.3 is 0 Å². The number of nitrogens with zero attached hydrogens (tertiary/aromatic N) is 2. The second kappa shape index (κ2) is 6.73. The summed E-state index contributed by atoms with van der Waals surface area (Å²) in [5, 5.41) is 12.9. The maximum atomic E-state index is 13.2. The molecule has 0 bridgehead atoms. The van der Waals surface area contributed by atoms with E-state index in [1.54, 1.807) is 10.9 Å². The number of aliphatic hydroxyl groups is 1. The number of aliphatic hydroxyl groups excluding tert-OH is 1. The summed E-state index contributed by atoms with van der Waals surface area (Å²) in [5.41, 5.74) is 1.35. The third kappa shape index (κ3) is 3.59. The fraction of sp³-hybridized carbons (Fsp3) is 0.267. The maximum Gasteiger partial charge on any atom is 0.135 e. The van der Waals surface area contributed by atoms with Crippen LogP contribution < -0.4 is 4.74 Å². The number of aromatic nitrogens is 2. The van der Waals surface area contributed by atoms with E-state index >= 15 is 0 Å². The summed E-state index contributed by atoms with van der Waals surface area (Å²) >= 11 is 0. The molecule has 2 rings (SSSR count). The van der Waals surface area contributed by atoms with Gasteiger partial charge in [0.05, 0.1) is 11.8 Å². The highest BCUT2D eigenvalue weighted by atomic mass is 19.1. The molecule has 0 atom stereocenters. The summed E-state index contributed by atoms with van der Waals surface area (Å²) < 4.78 is 20.6. The molecule has 1 heterocycles. The van der Waals surface area contributed by atoms with Gasteiger partial charge in [-0.2, -0.15) is 5.10 Å². The Balaban J connectivity index is 2.12. The van der Waals surface area contributed by atoms with E-state index in [1.807, 2.05) is 13.1 Å². The van der Waals surface area contributed by atoms with Crippen LogP contribution in [0.2, 0.25) is 0 Å². The fourth-order valence-corrected chi connectivity index (χ4v) is 1.68. The molecule has 0 saturated heterocycles. The topological polar surface area (TPSA) is 47.3 Å². The van der Waals surface area contributed by atoms with Crippen molar-refractivity contribution >= 4 is 0 Å². The first-order valence-electron chi connectivity index (χ1n) is 6.26. The molecule has 4 nitrogen and oxygen atoms in total. The van der Waals surface area contributed by atoms with Gasteiger partial charge in [0.2, 0.25) is 0 Å². The first-order valence-corrected chi connectivity index (χ1v) is 6.26. The smallest absolute Gasteiger partial charge is 0.135 e. The van der Waals surface area contributed by atoms with E-state index in [9.17, 15) is 4.39 Å². The van der Waals surface area contributed by atoms with Gasteiger partial charge in [0.25, 0.3) is 0 Å². The molecule has 0 saturated carbocycles. The summed E-state index contributed by atoms with van der Waals surface area (Å²) in [6.07, 6.45) is 3.62.